The molecule has 0 aliphatic rings. The van der Waals surface area contributed by atoms with Gasteiger partial charge >= 0.3 is 0 Å². The standard InChI is InChI=1S/C14H21FN4O2/c1-4-5-16-13-11(6-10(15)7-17-13)14(21)18-8-12(20)19-9(2)3/h6-7,9H,4-5,8H2,1-3H3,(H,16,17)(H,18,21)(H,19,20). The van der Waals surface area contributed by atoms with Gasteiger partial charge in [-0.05, 0) is 26.3 Å². The fraction of sp³-hybridized carbons (Fsp3) is 0.500. The molecule has 3 N–H and O–H groups in total. The second-order valence-corrected chi connectivity index (χ2v) is 4.88. The molecule has 0 aromatic carbocycles. The zero-order chi connectivity index (χ0) is 15.8. The van der Waals surface area contributed by atoms with Gasteiger partial charge in [0.25, 0.3) is 5.91 Å². The van der Waals surface area contributed by atoms with Crippen LogP contribution in [0.4, 0.5) is 10.2 Å². The van der Waals surface area contributed by atoms with Gasteiger partial charge in [-0.15, -0.1) is 0 Å². The van der Waals surface area contributed by atoms with Crippen molar-refractivity contribution in [2.45, 2.75) is 33.2 Å². The maximum absolute atomic E-state index is 13.3. The number of aromatic nitrogens is 1. The van der Waals surface area contributed by atoms with Gasteiger partial charge in [0.2, 0.25) is 5.91 Å². The van der Waals surface area contributed by atoms with E-state index in [-0.39, 0.29) is 24.1 Å². The molecule has 0 saturated carbocycles. The summed E-state index contributed by atoms with van der Waals surface area (Å²) >= 11 is 0. The van der Waals surface area contributed by atoms with E-state index in [2.05, 4.69) is 20.9 Å². The molecule has 2 amide bonds. The van der Waals surface area contributed by atoms with Crippen molar-refractivity contribution in [2.75, 3.05) is 18.4 Å². The Kier molecular flexibility index (Phi) is 6.58. The monoisotopic (exact) mass is 296 g/mol. The highest BCUT2D eigenvalue weighted by Crippen LogP contribution is 2.13. The summed E-state index contributed by atoms with van der Waals surface area (Å²) in [6, 6.07) is 1.09. The maximum atomic E-state index is 13.3. The molecule has 1 heterocycles. The van der Waals surface area contributed by atoms with Crippen molar-refractivity contribution in [1.29, 1.82) is 0 Å². The number of hydrogen-bond acceptors (Lipinski definition) is 4. The molecule has 0 aliphatic carbocycles. The van der Waals surface area contributed by atoms with Gasteiger partial charge in [0.1, 0.15) is 11.6 Å². The molecular weight excluding hydrogens is 275 g/mol. The average molecular weight is 296 g/mol. The third-order valence-electron chi connectivity index (χ3n) is 2.50. The van der Waals surface area contributed by atoms with Crippen LogP contribution in [0.15, 0.2) is 12.3 Å². The van der Waals surface area contributed by atoms with E-state index in [0.29, 0.717) is 12.4 Å². The molecule has 0 fully saturated rings. The number of pyridine rings is 1. The number of rotatable bonds is 7. The van der Waals surface area contributed by atoms with Crippen LogP contribution in [0.1, 0.15) is 37.6 Å². The van der Waals surface area contributed by atoms with Gasteiger partial charge in [-0.25, -0.2) is 9.37 Å². The quantitative estimate of drug-likeness (QED) is 0.708. The van der Waals surface area contributed by atoms with Crippen LogP contribution >= 0.6 is 0 Å². The van der Waals surface area contributed by atoms with E-state index in [1.54, 1.807) is 0 Å². The highest BCUT2D eigenvalue weighted by Gasteiger charge is 2.15. The summed E-state index contributed by atoms with van der Waals surface area (Å²) in [6.45, 7) is 6.06. The second-order valence-electron chi connectivity index (χ2n) is 4.88. The number of amides is 2. The van der Waals surface area contributed by atoms with E-state index in [4.69, 9.17) is 0 Å². The van der Waals surface area contributed by atoms with Gasteiger partial charge in [0.05, 0.1) is 18.3 Å². The third-order valence-corrected chi connectivity index (χ3v) is 2.50. The van der Waals surface area contributed by atoms with E-state index >= 15 is 0 Å². The molecule has 0 unspecified atom stereocenters. The number of carbonyl (C=O) groups is 2. The topological polar surface area (TPSA) is 83.1 Å². The van der Waals surface area contributed by atoms with Gasteiger partial charge in [0.15, 0.2) is 0 Å². The zero-order valence-electron chi connectivity index (χ0n) is 12.5. The van der Waals surface area contributed by atoms with Crippen LogP contribution in [0.25, 0.3) is 0 Å². The minimum absolute atomic E-state index is 0.00739. The largest absolute Gasteiger partial charge is 0.369 e. The summed E-state index contributed by atoms with van der Waals surface area (Å²) in [5, 5.41) is 8.05. The van der Waals surface area contributed by atoms with Crippen molar-refractivity contribution >= 4 is 17.6 Å². The van der Waals surface area contributed by atoms with Crippen molar-refractivity contribution in [3.05, 3.63) is 23.6 Å². The van der Waals surface area contributed by atoms with Crippen molar-refractivity contribution < 1.29 is 14.0 Å². The molecule has 0 spiro atoms. The minimum atomic E-state index is -0.603. The predicted octanol–water partition coefficient (Wildman–Crippen LogP) is 1.30. The fourth-order valence-corrected chi connectivity index (χ4v) is 1.63. The lowest BCUT2D eigenvalue weighted by Crippen LogP contribution is -2.40. The molecule has 1 rings (SSSR count). The van der Waals surface area contributed by atoms with E-state index in [1.807, 2.05) is 20.8 Å². The van der Waals surface area contributed by atoms with Gasteiger partial charge in [0, 0.05) is 12.6 Å². The number of carbonyl (C=O) groups excluding carboxylic acids is 2. The maximum Gasteiger partial charge on any atom is 0.255 e. The van der Waals surface area contributed by atoms with Gasteiger partial charge in [-0.1, -0.05) is 6.92 Å². The third kappa shape index (κ3) is 5.76. The molecule has 1 aromatic heterocycles. The molecule has 0 atom stereocenters. The number of halogens is 1. The Labute approximate surface area is 123 Å². The van der Waals surface area contributed by atoms with Crippen LogP contribution in [0.3, 0.4) is 0 Å². The molecule has 0 saturated heterocycles. The van der Waals surface area contributed by atoms with Crippen LogP contribution in [-0.2, 0) is 4.79 Å². The van der Waals surface area contributed by atoms with Crippen LogP contribution in [0.2, 0.25) is 0 Å². The molecule has 0 bridgehead atoms. The van der Waals surface area contributed by atoms with Gasteiger partial charge in [-0.3, -0.25) is 9.59 Å². The second kappa shape index (κ2) is 8.18. The Morgan fingerprint density at radius 3 is 2.71 bits per heavy atom. The molecule has 0 aliphatic heterocycles. The molecule has 6 nitrogen and oxygen atoms in total. The highest BCUT2D eigenvalue weighted by molar-refractivity contribution is 6.00. The molecule has 116 valence electrons. The SMILES string of the molecule is CCCNc1ncc(F)cc1C(=O)NCC(=O)NC(C)C. The first-order chi connectivity index (χ1) is 9.93. The summed E-state index contributed by atoms with van der Waals surface area (Å²) in [6.07, 6.45) is 1.89. The summed E-state index contributed by atoms with van der Waals surface area (Å²) in [5.74, 6) is -1.14. The van der Waals surface area contributed by atoms with Gasteiger partial charge < -0.3 is 16.0 Å². The summed E-state index contributed by atoms with van der Waals surface area (Å²) in [5.41, 5.74) is 0.0841. The number of hydrogen-bond donors (Lipinski definition) is 3. The average Bonchev–Trinajstić information content (AvgIpc) is 2.42. The summed E-state index contributed by atoms with van der Waals surface area (Å²) in [7, 11) is 0. The van der Waals surface area contributed by atoms with Crippen molar-refractivity contribution in [3.8, 4) is 0 Å². The zero-order valence-corrected chi connectivity index (χ0v) is 12.5. The number of nitrogens with zero attached hydrogens (tertiary/aromatic N) is 1. The lowest BCUT2D eigenvalue weighted by Gasteiger charge is -2.12. The Hall–Kier alpha value is -2.18. The van der Waals surface area contributed by atoms with Crippen LogP contribution in [0.5, 0.6) is 0 Å². The van der Waals surface area contributed by atoms with E-state index in [9.17, 15) is 14.0 Å². The van der Waals surface area contributed by atoms with Crippen molar-refractivity contribution in [2.24, 2.45) is 0 Å². The molecule has 1 aromatic rings. The fourth-order valence-electron chi connectivity index (χ4n) is 1.63. The lowest BCUT2D eigenvalue weighted by atomic mass is 10.2. The summed E-state index contributed by atoms with van der Waals surface area (Å²) < 4.78 is 13.3. The Morgan fingerprint density at radius 2 is 2.10 bits per heavy atom. The van der Waals surface area contributed by atoms with Crippen LogP contribution < -0.4 is 16.0 Å². The molecular formula is C14H21FN4O2. The van der Waals surface area contributed by atoms with E-state index < -0.39 is 11.7 Å². The predicted molar refractivity (Wildman–Crippen MR) is 78.6 cm³/mol. The Balaban J connectivity index is 2.72. The Morgan fingerprint density at radius 1 is 1.38 bits per heavy atom. The van der Waals surface area contributed by atoms with Crippen molar-refractivity contribution in [3.63, 3.8) is 0 Å². The first-order valence-electron chi connectivity index (χ1n) is 6.91. The number of anilines is 1. The first-order valence-corrected chi connectivity index (χ1v) is 6.91. The van der Waals surface area contributed by atoms with Gasteiger partial charge in [-0.2, -0.15) is 0 Å². The smallest absolute Gasteiger partial charge is 0.255 e. The highest BCUT2D eigenvalue weighted by atomic mass is 19.1. The minimum Gasteiger partial charge on any atom is -0.369 e. The van der Waals surface area contributed by atoms with E-state index in [1.165, 1.54) is 0 Å². The van der Waals surface area contributed by atoms with Crippen LogP contribution in [0, 0.1) is 5.82 Å². The molecule has 0 radical (unpaired) electrons. The summed E-state index contributed by atoms with van der Waals surface area (Å²) in [4.78, 5) is 27.4. The van der Waals surface area contributed by atoms with Crippen molar-refractivity contribution in [1.82, 2.24) is 15.6 Å². The van der Waals surface area contributed by atoms with Crippen LogP contribution in [-0.4, -0.2) is 35.9 Å². The molecule has 7 heteroatoms. The normalized spacial score (nSPS) is 10.3. The Bertz CT molecular complexity index is 506. The number of nitrogens with one attached hydrogen (secondary N) is 3. The lowest BCUT2D eigenvalue weighted by molar-refractivity contribution is -0.120. The first kappa shape index (κ1) is 16.9. The van der Waals surface area contributed by atoms with E-state index in [0.717, 1.165) is 18.7 Å². The molecule has 21 heavy (non-hydrogen) atoms.